The van der Waals surface area contributed by atoms with Crippen LogP contribution >= 0.6 is 0 Å². The van der Waals surface area contributed by atoms with Gasteiger partial charge in [0, 0.05) is 7.11 Å². The lowest BCUT2D eigenvalue weighted by Crippen LogP contribution is -2.15. The third-order valence-corrected chi connectivity index (χ3v) is 1.25. The molecule has 0 saturated carbocycles. The molecule has 0 aliphatic rings. The molecular formula is C11H24O. The third kappa shape index (κ3) is 22.6. The summed E-state index contributed by atoms with van der Waals surface area (Å²) in [4.78, 5) is 0. The van der Waals surface area contributed by atoms with Crippen molar-refractivity contribution in [3.63, 3.8) is 0 Å². The van der Waals surface area contributed by atoms with E-state index in [1.165, 1.54) is 12.8 Å². The van der Waals surface area contributed by atoms with Crippen LogP contribution in [0.1, 0.15) is 47.5 Å². The Morgan fingerprint density at radius 2 is 1.25 bits per heavy atom. The van der Waals surface area contributed by atoms with Gasteiger partial charge in [0.15, 0.2) is 0 Å². The van der Waals surface area contributed by atoms with Crippen molar-refractivity contribution in [2.45, 2.75) is 53.1 Å². The lowest BCUT2D eigenvalue weighted by molar-refractivity contribution is 0.0397. The summed E-state index contributed by atoms with van der Waals surface area (Å²) < 4.78 is 4.94. The molecule has 0 saturated heterocycles. The summed E-state index contributed by atoms with van der Waals surface area (Å²) in [7, 11) is 1.71. The number of hydrogen-bond donors (Lipinski definition) is 0. The highest BCUT2D eigenvalue weighted by atomic mass is 16.5. The first-order chi connectivity index (χ1) is 5.47. The van der Waals surface area contributed by atoms with Crippen LogP contribution in [0.4, 0.5) is 0 Å². The first-order valence-electron chi connectivity index (χ1n) is 4.68. The van der Waals surface area contributed by atoms with Crippen molar-refractivity contribution in [2.24, 2.45) is 0 Å². The van der Waals surface area contributed by atoms with Crippen molar-refractivity contribution in [2.75, 3.05) is 7.11 Å². The summed E-state index contributed by atoms with van der Waals surface area (Å²) in [6.07, 6.45) is 6.71. The van der Waals surface area contributed by atoms with Gasteiger partial charge in [-0.05, 0) is 33.6 Å². The number of ether oxygens (including phenoxy) is 1. The van der Waals surface area contributed by atoms with Crippen LogP contribution in [-0.4, -0.2) is 12.7 Å². The minimum Gasteiger partial charge on any atom is -0.379 e. The van der Waals surface area contributed by atoms with Crippen LogP contribution in [0.25, 0.3) is 0 Å². The lowest BCUT2D eigenvalue weighted by atomic mass is 10.2. The Morgan fingerprint density at radius 1 is 1.00 bits per heavy atom. The second-order valence-electron chi connectivity index (χ2n) is 3.60. The molecule has 1 nitrogen and oxygen atoms in total. The zero-order chi connectivity index (χ0) is 10.0. The van der Waals surface area contributed by atoms with E-state index < -0.39 is 0 Å². The van der Waals surface area contributed by atoms with Crippen LogP contribution in [0.3, 0.4) is 0 Å². The van der Waals surface area contributed by atoms with Gasteiger partial charge in [-0.1, -0.05) is 26.0 Å². The fraction of sp³-hybridized carbons (Fsp3) is 0.818. The van der Waals surface area contributed by atoms with Crippen molar-refractivity contribution in [1.82, 2.24) is 0 Å². The normalized spacial score (nSPS) is 11.2. The van der Waals surface area contributed by atoms with E-state index in [4.69, 9.17) is 4.74 Å². The highest BCUT2D eigenvalue weighted by Crippen LogP contribution is 2.02. The maximum atomic E-state index is 4.94. The predicted molar refractivity (Wildman–Crippen MR) is 56.5 cm³/mol. The standard InChI is InChI=1S/C6H12.C5H12O/c1-3-5-6-4-2;1-5(2,3)6-4/h5-6H,3-4H2,1-2H3;1-4H3/b6-5+;. The molecule has 0 amide bonds. The van der Waals surface area contributed by atoms with Gasteiger partial charge < -0.3 is 4.74 Å². The van der Waals surface area contributed by atoms with E-state index in [1.807, 2.05) is 20.8 Å². The summed E-state index contributed by atoms with van der Waals surface area (Å²) in [6.45, 7) is 10.4. The average Bonchev–Trinajstić information content (AvgIpc) is 2.01. The molecule has 0 atom stereocenters. The highest BCUT2D eigenvalue weighted by Gasteiger charge is 2.03. The van der Waals surface area contributed by atoms with Crippen molar-refractivity contribution in [3.05, 3.63) is 12.2 Å². The number of hydrogen-bond acceptors (Lipinski definition) is 1. The van der Waals surface area contributed by atoms with Gasteiger partial charge >= 0.3 is 0 Å². The van der Waals surface area contributed by atoms with Crippen LogP contribution in [0.15, 0.2) is 12.2 Å². The summed E-state index contributed by atoms with van der Waals surface area (Å²) in [5, 5.41) is 0. The zero-order valence-corrected chi connectivity index (χ0v) is 9.48. The molecule has 0 unspecified atom stereocenters. The van der Waals surface area contributed by atoms with E-state index in [9.17, 15) is 0 Å². The van der Waals surface area contributed by atoms with Gasteiger partial charge in [0.05, 0.1) is 5.60 Å². The molecule has 0 aromatic heterocycles. The van der Waals surface area contributed by atoms with Crippen molar-refractivity contribution < 1.29 is 4.74 Å². The van der Waals surface area contributed by atoms with E-state index in [-0.39, 0.29) is 5.60 Å². The zero-order valence-electron chi connectivity index (χ0n) is 9.48. The van der Waals surface area contributed by atoms with Crippen molar-refractivity contribution >= 4 is 0 Å². The van der Waals surface area contributed by atoms with Crippen LogP contribution in [0, 0.1) is 0 Å². The van der Waals surface area contributed by atoms with Crippen LogP contribution in [-0.2, 0) is 4.74 Å². The van der Waals surface area contributed by atoms with Gasteiger partial charge in [0.25, 0.3) is 0 Å². The second kappa shape index (κ2) is 8.79. The minimum atomic E-state index is 0.0417. The first-order valence-corrected chi connectivity index (χ1v) is 4.68. The van der Waals surface area contributed by atoms with Crippen LogP contribution in [0.2, 0.25) is 0 Å². The molecule has 0 aromatic carbocycles. The van der Waals surface area contributed by atoms with Crippen molar-refractivity contribution in [1.29, 1.82) is 0 Å². The quantitative estimate of drug-likeness (QED) is 0.576. The number of methoxy groups -OCH3 is 1. The van der Waals surface area contributed by atoms with E-state index in [0.29, 0.717) is 0 Å². The van der Waals surface area contributed by atoms with Gasteiger partial charge in [-0.3, -0.25) is 0 Å². The third-order valence-electron chi connectivity index (χ3n) is 1.25. The minimum absolute atomic E-state index is 0.0417. The maximum Gasteiger partial charge on any atom is 0.0594 e. The fourth-order valence-electron chi connectivity index (χ4n) is 0.333. The molecule has 0 radical (unpaired) electrons. The Labute approximate surface area is 77.8 Å². The maximum absolute atomic E-state index is 4.94. The molecular weight excluding hydrogens is 148 g/mol. The van der Waals surface area contributed by atoms with Gasteiger partial charge in [0.1, 0.15) is 0 Å². The Kier molecular flexibility index (Phi) is 10.4. The second-order valence-corrected chi connectivity index (χ2v) is 3.60. The molecule has 0 N–H and O–H groups in total. The fourth-order valence-corrected chi connectivity index (χ4v) is 0.333. The molecule has 0 spiro atoms. The molecule has 74 valence electrons. The van der Waals surface area contributed by atoms with Gasteiger partial charge in [-0.15, -0.1) is 0 Å². The molecule has 1 heteroatoms. The Balaban J connectivity index is 0. The Bertz CT molecular complexity index is 92.1. The largest absolute Gasteiger partial charge is 0.379 e. The summed E-state index contributed by atoms with van der Waals surface area (Å²) >= 11 is 0. The molecule has 0 heterocycles. The van der Waals surface area contributed by atoms with E-state index in [2.05, 4.69) is 26.0 Å². The smallest absolute Gasteiger partial charge is 0.0594 e. The van der Waals surface area contributed by atoms with Crippen LogP contribution < -0.4 is 0 Å². The number of allylic oxidation sites excluding steroid dienone is 2. The van der Waals surface area contributed by atoms with Gasteiger partial charge in [0.2, 0.25) is 0 Å². The molecule has 0 aliphatic heterocycles. The average molecular weight is 172 g/mol. The Hall–Kier alpha value is -0.300. The van der Waals surface area contributed by atoms with Crippen LogP contribution in [0.5, 0.6) is 0 Å². The highest BCUT2D eigenvalue weighted by molar-refractivity contribution is 4.77. The molecule has 0 aliphatic carbocycles. The lowest BCUT2D eigenvalue weighted by Gasteiger charge is -2.14. The van der Waals surface area contributed by atoms with E-state index in [1.54, 1.807) is 7.11 Å². The molecule has 0 rings (SSSR count). The molecule has 0 fully saturated rings. The topological polar surface area (TPSA) is 9.23 Å². The SMILES string of the molecule is CC/C=C/CC.COC(C)(C)C. The van der Waals surface area contributed by atoms with E-state index >= 15 is 0 Å². The molecule has 0 aromatic rings. The Morgan fingerprint density at radius 3 is 1.33 bits per heavy atom. The summed E-state index contributed by atoms with van der Waals surface area (Å²) in [6, 6.07) is 0. The van der Waals surface area contributed by atoms with Crippen molar-refractivity contribution in [3.8, 4) is 0 Å². The monoisotopic (exact) mass is 172 g/mol. The van der Waals surface area contributed by atoms with Gasteiger partial charge in [-0.2, -0.15) is 0 Å². The van der Waals surface area contributed by atoms with Gasteiger partial charge in [-0.25, -0.2) is 0 Å². The molecule has 0 bridgehead atoms. The first kappa shape index (κ1) is 14.2. The summed E-state index contributed by atoms with van der Waals surface area (Å²) in [5.41, 5.74) is 0.0417. The predicted octanol–water partition coefficient (Wildman–Crippen LogP) is 3.79. The molecule has 12 heavy (non-hydrogen) atoms. The summed E-state index contributed by atoms with van der Waals surface area (Å²) in [5.74, 6) is 0. The van der Waals surface area contributed by atoms with E-state index in [0.717, 1.165) is 0 Å². The number of rotatable bonds is 2.